The third kappa shape index (κ3) is 5.72. The van der Waals surface area contributed by atoms with Crippen molar-refractivity contribution >= 4 is 55.4 Å². The van der Waals surface area contributed by atoms with E-state index in [9.17, 15) is 21.6 Å². The first kappa shape index (κ1) is 28.8. The van der Waals surface area contributed by atoms with Crippen molar-refractivity contribution in [3.05, 3.63) is 77.1 Å². The topological polar surface area (TPSA) is 96.9 Å². The summed E-state index contributed by atoms with van der Waals surface area (Å²) in [5.41, 5.74) is 1.14. The predicted octanol–water partition coefficient (Wildman–Crippen LogP) is 6.19. The second-order valence-corrected chi connectivity index (χ2v) is 11.9. The lowest BCUT2D eigenvalue weighted by Gasteiger charge is -2.33. The van der Waals surface area contributed by atoms with Crippen LogP contribution >= 0.6 is 23.1 Å². The molecule has 0 saturated heterocycles. The third-order valence-electron chi connectivity index (χ3n) is 6.43. The predicted molar refractivity (Wildman–Crippen MR) is 151 cm³/mol. The fourth-order valence-corrected chi connectivity index (χ4v) is 6.86. The second-order valence-electron chi connectivity index (χ2n) is 8.83. The second kappa shape index (κ2) is 11.3. The minimum Gasteiger partial charge on any atom is -0.497 e. The Morgan fingerprint density at radius 1 is 1.07 bits per heavy atom. The maximum atomic E-state index is 14.0. The van der Waals surface area contributed by atoms with E-state index in [0.717, 1.165) is 28.0 Å². The van der Waals surface area contributed by atoms with Crippen LogP contribution in [0.5, 0.6) is 11.5 Å². The number of sulfonamides is 1. The number of ether oxygens (including phenoxy) is 2. The summed E-state index contributed by atoms with van der Waals surface area (Å²) in [5.74, 6) is 0.986. The molecule has 2 heterocycles. The van der Waals surface area contributed by atoms with Gasteiger partial charge in [-0.25, -0.2) is 17.7 Å². The van der Waals surface area contributed by atoms with Gasteiger partial charge in [0.05, 0.1) is 53.3 Å². The average Bonchev–Trinajstić information content (AvgIpc) is 3.49. The summed E-state index contributed by atoms with van der Waals surface area (Å²) in [4.78, 5) is 5.86. The Kier molecular flexibility index (Phi) is 7.90. The van der Waals surface area contributed by atoms with E-state index in [1.807, 2.05) is 0 Å². The van der Waals surface area contributed by atoms with Gasteiger partial charge in [0.2, 0.25) is 5.13 Å². The molecule has 0 saturated carbocycles. The lowest BCUT2D eigenvalue weighted by molar-refractivity contribution is -0.137. The van der Waals surface area contributed by atoms with Gasteiger partial charge in [0.25, 0.3) is 10.0 Å². The SMILES string of the molecule is COc1ccc(CN(c2ncns2)S(=O)(=O)c2ccc3c(c2)NCCN3c2ccc(C(F)(F)F)cc2Cl)c(OC)c1. The quantitative estimate of drug-likeness (QED) is 0.248. The zero-order chi connectivity index (χ0) is 29.4. The van der Waals surface area contributed by atoms with Crippen LogP contribution in [-0.4, -0.2) is 45.1 Å². The van der Waals surface area contributed by atoms with E-state index < -0.39 is 21.8 Å². The van der Waals surface area contributed by atoms with Crippen LogP contribution in [0.1, 0.15) is 11.1 Å². The van der Waals surface area contributed by atoms with Gasteiger partial charge in [-0.05, 0) is 48.5 Å². The molecule has 0 atom stereocenters. The molecule has 3 aromatic carbocycles. The number of nitrogens with zero attached hydrogens (tertiary/aromatic N) is 4. The number of hydrogen-bond acceptors (Lipinski definition) is 9. The van der Waals surface area contributed by atoms with Crippen molar-refractivity contribution in [3.8, 4) is 11.5 Å². The third-order valence-corrected chi connectivity index (χ3v) is 9.27. The first-order valence-corrected chi connectivity index (χ1v) is 14.6. The van der Waals surface area contributed by atoms with Crippen molar-refractivity contribution in [2.24, 2.45) is 0 Å². The molecule has 1 aliphatic rings. The summed E-state index contributed by atoms with van der Waals surface area (Å²) < 4.78 is 83.3. The Balaban J connectivity index is 1.51. The van der Waals surface area contributed by atoms with Crippen molar-refractivity contribution in [2.75, 3.05) is 41.8 Å². The molecule has 0 aliphatic carbocycles. The fourth-order valence-electron chi connectivity index (χ4n) is 4.42. The molecule has 9 nitrogen and oxygen atoms in total. The number of nitrogens with one attached hydrogen (secondary N) is 1. The number of hydrogen-bond donors (Lipinski definition) is 1. The van der Waals surface area contributed by atoms with E-state index in [0.29, 0.717) is 47.2 Å². The van der Waals surface area contributed by atoms with E-state index in [4.69, 9.17) is 21.1 Å². The molecular weight excluding hydrogens is 603 g/mol. The van der Waals surface area contributed by atoms with Crippen LogP contribution in [0.3, 0.4) is 0 Å². The highest BCUT2D eigenvalue weighted by Crippen LogP contribution is 2.42. The number of aromatic nitrogens is 2. The fraction of sp³-hybridized carbons (Fsp3) is 0.231. The van der Waals surface area contributed by atoms with Crippen LogP contribution in [0.4, 0.5) is 35.4 Å². The number of methoxy groups -OCH3 is 2. The highest BCUT2D eigenvalue weighted by atomic mass is 35.5. The smallest absolute Gasteiger partial charge is 0.416 e. The summed E-state index contributed by atoms with van der Waals surface area (Å²) in [6.45, 7) is 0.706. The molecule has 216 valence electrons. The first-order valence-electron chi connectivity index (χ1n) is 12.1. The van der Waals surface area contributed by atoms with Gasteiger partial charge in [-0.1, -0.05) is 11.6 Å². The van der Waals surface area contributed by atoms with Crippen LogP contribution in [0, 0.1) is 0 Å². The Hall–Kier alpha value is -3.75. The molecule has 41 heavy (non-hydrogen) atoms. The van der Waals surface area contributed by atoms with Crippen LogP contribution in [-0.2, 0) is 22.7 Å². The van der Waals surface area contributed by atoms with E-state index in [1.165, 1.54) is 38.7 Å². The zero-order valence-corrected chi connectivity index (χ0v) is 24.0. The number of benzene rings is 3. The number of anilines is 4. The summed E-state index contributed by atoms with van der Waals surface area (Å²) in [7, 11) is -1.17. The zero-order valence-electron chi connectivity index (χ0n) is 21.6. The van der Waals surface area contributed by atoms with Crippen molar-refractivity contribution in [1.29, 1.82) is 0 Å². The first-order chi connectivity index (χ1) is 19.5. The van der Waals surface area contributed by atoms with E-state index in [-0.39, 0.29) is 21.6 Å². The molecule has 0 bridgehead atoms. The van der Waals surface area contributed by atoms with Gasteiger partial charge in [0.1, 0.15) is 17.8 Å². The van der Waals surface area contributed by atoms with Crippen LogP contribution < -0.4 is 24.0 Å². The maximum Gasteiger partial charge on any atom is 0.416 e. The normalized spacial score (nSPS) is 13.4. The van der Waals surface area contributed by atoms with Gasteiger partial charge >= 0.3 is 6.18 Å². The minimum atomic E-state index is -4.53. The molecule has 1 N–H and O–H groups in total. The summed E-state index contributed by atoms with van der Waals surface area (Å²) >= 11 is 7.19. The largest absolute Gasteiger partial charge is 0.497 e. The van der Waals surface area contributed by atoms with E-state index in [2.05, 4.69) is 14.7 Å². The summed E-state index contributed by atoms with van der Waals surface area (Å²) in [5, 5.41) is 3.27. The van der Waals surface area contributed by atoms with Gasteiger partial charge in [-0.3, -0.25) is 0 Å². The summed E-state index contributed by atoms with van der Waals surface area (Å²) in [6.07, 6.45) is -3.25. The number of alkyl halides is 3. The van der Waals surface area contributed by atoms with Crippen LogP contribution in [0.2, 0.25) is 5.02 Å². The average molecular weight is 626 g/mol. The Morgan fingerprint density at radius 3 is 2.51 bits per heavy atom. The van der Waals surface area contributed by atoms with Crippen molar-refractivity contribution in [2.45, 2.75) is 17.6 Å². The van der Waals surface area contributed by atoms with Crippen LogP contribution in [0.25, 0.3) is 0 Å². The molecule has 0 spiro atoms. The molecule has 15 heteroatoms. The highest BCUT2D eigenvalue weighted by molar-refractivity contribution is 7.93. The van der Waals surface area contributed by atoms with Crippen molar-refractivity contribution in [3.63, 3.8) is 0 Å². The van der Waals surface area contributed by atoms with Gasteiger partial charge in [-0.15, -0.1) is 0 Å². The van der Waals surface area contributed by atoms with Crippen molar-refractivity contribution < 1.29 is 31.1 Å². The molecule has 4 aromatic rings. The Morgan fingerprint density at radius 2 is 1.85 bits per heavy atom. The standard InChI is InChI=1S/C26H23ClF3N5O4S2/c1-38-18-5-3-16(24(12-18)39-2)14-35(25-32-15-33-40-25)41(36,37)19-6-8-23-21(13-19)31-9-10-34(23)22-7-4-17(11-20(22)27)26(28,29)30/h3-8,11-13,15,31H,9-10,14H2,1-2H3. The minimum absolute atomic E-state index is 0.0215. The van der Waals surface area contributed by atoms with Crippen molar-refractivity contribution in [1.82, 2.24) is 9.36 Å². The molecule has 0 fully saturated rings. The molecule has 1 aliphatic heterocycles. The molecule has 0 radical (unpaired) electrons. The lowest BCUT2D eigenvalue weighted by atomic mass is 10.1. The highest BCUT2D eigenvalue weighted by Gasteiger charge is 2.33. The molecule has 0 unspecified atom stereocenters. The van der Waals surface area contributed by atoms with E-state index in [1.54, 1.807) is 29.2 Å². The maximum absolute atomic E-state index is 14.0. The van der Waals surface area contributed by atoms with Crippen LogP contribution in [0.15, 0.2) is 65.8 Å². The Labute approximate surface area is 243 Å². The van der Waals surface area contributed by atoms with E-state index >= 15 is 0 Å². The molecule has 1 aromatic heterocycles. The number of rotatable bonds is 8. The van der Waals surface area contributed by atoms with Gasteiger partial charge in [-0.2, -0.15) is 17.5 Å². The van der Waals surface area contributed by atoms with Gasteiger partial charge < -0.3 is 19.7 Å². The molecule has 0 amide bonds. The summed E-state index contributed by atoms with van der Waals surface area (Å²) in [6, 6.07) is 12.7. The number of halogens is 4. The number of fused-ring (bicyclic) bond motifs is 1. The van der Waals surface area contributed by atoms with Gasteiger partial charge in [0, 0.05) is 36.3 Å². The molecule has 5 rings (SSSR count). The molecular formula is C26H23ClF3N5O4S2. The van der Waals surface area contributed by atoms with Gasteiger partial charge in [0.15, 0.2) is 0 Å². The monoisotopic (exact) mass is 625 g/mol. The Bertz CT molecular complexity index is 1670. The lowest BCUT2D eigenvalue weighted by Crippen LogP contribution is -2.32.